The molecule has 2 rings (SSSR count). The van der Waals surface area contributed by atoms with E-state index in [1.165, 1.54) is 0 Å². The number of nitrogens with two attached hydrogens (primary N) is 1. The fourth-order valence-corrected chi connectivity index (χ4v) is 3.30. The van der Waals surface area contributed by atoms with Crippen LogP contribution in [-0.4, -0.2) is 15.0 Å². The zero-order valence-corrected chi connectivity index (χ0v) is 12.4. The van der Waals surface area contributed by atoms with Crippen LogP contribution >= 0.6 is 0 Å². The predicted molar refractivity (Wildman–Crippen MR) is 76.2 cm³/mol. The van der Waals surface area contributed by atoms with Crippen molar-refractivity contribution < 1.29 is 8.42 Å². The Morgan fingerprint density at radius 3 is 2.53 bits per heavy atom. The molecule has 4 nitrogen and oxygen atoms in total. The molecule has 0 saturated heterocycles. The van der Waals surface area contributed by atoms with Crippen LogP contribution in [0.2, 0.25) is 0 Å². The maximum atomic E-state index is 12.2. The van der Waals surface area contributed by atoms with Crippen molar-refractivity contribution >= 4 is 10.0 Å². The SMILES string of the molecule is CCc1ccc(S(=O)(=O)NCC2(C)CC2)cc1CN. The second kappa shape index (κ2) is 5.23. The lowest BCUT2D eigenvalue weighted by Gasteiger charge is -2.13. The van der Waals surface area contributed by atoms with Gasteiger partial charge in [0.1, 0.15) is 0 Å². The summed E-state index contributed by atoms with van der Waals surface area (Å²) in [4.78, 5) is 0.314. The quantitative estimate of drug-likeness (QED) is 0.835. The highest BCUT2D eigenvalue weighted by Crippen LogP contribution is 2.44. The number of sulfonamides is 1. The van der Waals surface area contributed by atoms with Crippen LogP contribution in [0.15, 0.2) is 23.1 Å². The molecular formula is C14H22N2O2S. The standard InChI is InChI=1S/C14H22N2O2S/c1-3-11-4-5-13(8-12(11)9-15)19(17,18)16-10-14(2)6-7-14/h4-5,8,16H,3,6-7,9-10,15H2,1-2H3. The molecule has 106 valence electrons. The average Bonchev–Trinajstić information content (AvgIpc) is 3.14. The molecule has 1 aromatic carbocycles. The summed E-state index contributed by atoms with van der Waals surface area (Å²) in [5, 5.41) is 0. The van der Waals surface area contributed by atoms with Gasteiger partial charge in [-0.2, -0.15) is 0 Å². The van der Waals surface area contributed by atoms with Gasteiger partial charge in [0.05, 0.1) is 4.90 Å². The van der Waals surface area contributed by atoms with Gasteiger partial charge in [0.15, 0.2) is 0 Å². The highest BCUT2D eigenvalue weighted by molar-refractivity contribution is 7.89. The molecule has 0 heterocycles. The number of nitrogens with one attached hydrogen (secondary N) is 1. The first kappa shape index (κ1) is 14.5. The Morgan fingerprint density at radius 2 is 2.00 bits per heavy atom. The van der Waals surface area contributed by atoms with E-state index in [1.54, 1.807) is 12.1 Å². The van der Waals surface area contributed by atoms with Crippen molar-refractivity contribution in [1.82, 2.24) is 4.72 Å². The van der Waals surface area contributed by atoms with Gasteiger partial charge in [-0.3, -0.25) is 0 Å². The first-order valence-corrected chi connectivity index (χ1v) is 8.20. The highest BCUT2D eigenvalue weighted by atomic mass is 32.2. The first-order chi connectivity index (χ1) is 8.90. The summed E-state index contributed by atoms with van der Waals surface area (Å²) in [5.74, 6) is 0. The fourth-order valence-electron chi connectivity index (χ4n) is 2.05. The fraction of sp³-hybridized carbons (Fsp3) is 0.571. The van der Waals surface area contributed by atoms with Crippen molar-refractivity contribution in [2.24, 2.45) is 11.1 Å². The van der Waals surface area contributed by atoms with Gasteiger partial charge in [-0.1, -0.05) is 19.9 Å². The lowest BCUT2D eigenvalue weighted by atomic mass is 10.1. The third-order valence-electron chi connectivity index (χ3n) is 3.88. The van der Waals surface area contributed by atoms with Crippen LogP contribution in [0.25, 0.3) is 0 Å². The Labute approximate surface area is 115 Å². The summed E-state index contributed by atoms with van der Waals surface area (Å²) >= 11 is 0. The summed E-state index contributed by atoms with van der Waals surface area (Å²) in [7, 11) is -3.42. The van der Waals surface area contributed by atoms with E-state index in [0.29, 0.717) is 18.0 Å². The molecule has 1 aromatic rings. The maximum absolute atomic E-state index is 12.2. The molecule has 0 spiro atoms. The minimum Gasteiger partial charge on any atom is -0.326 e. The zero-order chi connectivity index (χ0) is 14.1. The van der Waals surface area contributed by atoms with E-state index in [4.69, 9.17) is 5.73 Å². The molecule has 3 N–H and O–H groups in total. The highest BCUT2D eigenvalue weighted by Gasteiger charge is 2.38. The third kappa shape index (κ3) is 3.35. The smallest absolute Gasteiger partial charge is 0.240 e. The van der Waals surface area contributed by atoms with Crippen LogP contribution in [0.4, 0.5) is 0 Å². The molecule has 19 heavy (non-hydrogen) atoms. The van der Waals surface area contributed by atoms with Crippen molar-refractivity contribution in [2.75, 3.05) is 6.54 Å². The maximum Gasteiger partial charge on any atom is 0.240 e. The first-order valence-electron chi connectivity index (χ1n) is 6.72. The second-order valence-corrected chi connectivity index (χ2v) is 7.39. The molecule has 0 aromatic heterocycles. The molecule has 5 heteroatoms. The van der Waals surface area contributed by atoms with Gasteiger partial charge < -0.3 is 5.73 Å². The Balaban J connectivity index is 2.19. The molecular weight excluding hydrogens is 260 g/mol. The number of benzene rings is 1. The summed E-state index contributed by atoms with van der Waals surface area (Å²) in [5.41, 5.74) is 7.85. The van der Waals surface area contributed by atoms with Gasteiger partial charge in [-0.15, -0.1) is 0 Å². The van der Waals surface area contributed by atoms with Gasteiger partial charge >= 0.3 is 0 Å². The van der Waals surface area contributed by atoms with Gasteiger partial charge in [-0.25, -0.2) is 13.1 Å². The Hall–Kier alpha value is -0.910. The summed E-state index contributed by atoms with van der Waals surface area (Å²) in [6.45, 7) is 5.02. The molecule has 1 saturated carbocycles. The molecule has 0 atom stereocenters. The van der Waals surface area contributed by atoms with Crippen molar-refractivity contribution in [3.05, 3.63) is 29.3 Å². The van der Waals surface area contributed by atoms with Crippen LogP contribution in [0.5, 0.6) is 0 Å². The molecule has 1 fully saturated rings. The molecule has 0 bridgehead atoms. The topological polar surface area (TPSA) is 72.2 Å². The van der Waals surface area contributed by atoms with Crippen molar-refractivity contribution in [3.63, 3.8) is 0 Å². The van der Waals surface area contributed by atoms with Crippen LogP contribution in [-0.2, 0) is 23.0 Å². The zero-order valence-electron chi connectivity index (χ0n) is 11.6. The van der Waals surface area contributed by atoms with Crippen LogP contribution in [0, 0.1) is 5.41 Å². The van der Waals surface area contributed by atoms with Gasteiger partial charge in [-0.05, 0) is 47.9 Å². The van der Waals surface area contributed by atoms with Crippen LogP contribution in [0.3, 0.4) is 0 Å². The van der Waals surface area contributed by atoms with E-state index >= 15 is 0 Å². The Bertz CT molecular complexity index is 563. The van der Waals surface area contributed by atoms with E-state index in [0.717, 1.165) is 30.4 Å². The van der Waals surface area contributed by atoms with E-state index in [2.05, 4.69) is 11.6 Å². The molecule has 0 amide bonds. The number of hydrogen-bond acceptors (Lipinski definition) is 3. The second-order valence-electron chi connectivity index (χ2n) is 5.62. The van der Waals surface area contributed by atoms with E-state index in [-0.39, 0.29) is 5.41 Å². The van der Waals surface area contributed by atoms with Crippen molar-refractivity contribution in [3.8, 4) is 0 Å². The third-order valence-corrected chi connectivity index (χ3v) is 5.28. The largest absolute Gasteiger partial charge is 0.326 e. The lowest BCUT2D eigenvalue weighted by molar-refractivity contribution is 0.530. The number of hydrogen-bond donors (Lipinski definition) is 2. The van der Waals surface area contributed by atoms with E-state index in [1.807, 2.05) is 13.0 Å². The van der Waals surface area contributed by atoms with Crippen LogP contribution in [0.1, 0.15) is 37.8 Å². The summed E-state index contributed by atoms with van der Waals surface area (Å²) < 4.78 is 27.1. The van der Waals surface area contributed by atoms with E-state index < -0.39 is 10.0 Å². The minimum absolute atomic E-state index is 0.160. The number of rotatable bonds is 6. The normalized spacial score (nSPS) is 17.4. The van der Waals surface area contributed by atoms with Gasteiger partial charge in [0, 0.05) is 13.1 Å². The van der Waals surface area contributed by atoms with Gasteiger partial charge in [0.2, 0.25) is 10.0 Å². The van der Waals surface area contributed by atoms with Gasteiger partial charge in [0.25, 0.3) is 0 Å². The monoisotopic (exact) mass is 282 g/mol. The lowest BCUT2D eigenvalue weighted by Crippen LogP contribution is -2.29. The summed E-state index contributed by atoms with van der Waals surface area (Å²) in [6.07, 6.45) is 3.05. The van der Waals surface area contributed by atoms with Crippen molar-refractivity contribution in [2.45, 2.75) is 44.6 Å². The molecule has 0 radical (unpaired) electrons. The molecule has 0 unspecified atom stereocenters. The average molecular weight is 282 g/mol. The van der Waals surface area contributed by atoms with Crippen LogP contribution < -0.4 is 10.5 Å². The molecule has 1 aliphatic rings. The van der Waals surface area contributed by atoms with Crippen molar-refractivity contribution in [1.29, 1.82) is 0 Å². The molecule has 1 aliphatic carbocycles. The Kier molecular flexibility index (Phi) is 3.99. The Morgan fingerprint density at radius 1 is 1.32 bits per heavy atom. The van der Waals surface area contributed by atoms with E-state index in [9.17, 15) is 8.42 Å². The summed E-state index contributed by atoms with van der Waals surface area (Å²) in [6, 6.07) is 5.21. The predicted octanol–water partition coefficient (Wildman–Crippen LogP) is 1.79. The minimum atomic E-state index is -3.42. The number of aryl methyl sites for hydroxylation is 1. The molecule has 0 aliphatic heterocycles.